The molecule has 0 bridgehead atoms. The third kappa shape index (κ3) is 3.77. The topological polar surface area (TPSA) is 96.9 Å². The molecule has 0 radical (unpaired) electrons. The van der Waals surface area contributed by atoms with E-state index in [1.807, 2.05) is 0 Å². The quantitative estimate of drug-likeness (QED) is 0.762. The number of aromatic amines is 1. The summed E-state index contributed by atoms with van der Waals surface area (Å²) in [6.07, 6.45) is 4.27. The molecule has 0 spiro atoms. The molecule has 24 heavy (non-hydrogen) atoms. The monoisotopic (exact) mass is 370 g/mol. The van der Waals surface area contributed by atoms with Crippen molar-refractivity contribution in [2.45, 2.75) is 44.7 Å². The van der Waals surface area contributed by atoms with Crippen LogP contribution in [0.3, 0.4) is 0 Å². The molecule has 1 aliphatic carbocycles. The van der Waals surface area contributed by atoms with Gasteiger partial charge in [-0.1, -0.05) is 23.2 Å². The summed E-state index contributed by atoms with van der Waals surface area (Å²) in [5.74, 6) is 0.0991. The minimum atomic E-state index is -0.613. The average Bonchev–Trinajstić information content (AvgIpc) is 2.98. The maximum Gasteiger partial charge on any atom is 0.434 e. The lowest BCUT2D eigenvalue weighted by atomic mass is 9.82. The molecule has 130 valence electrons. The number of anilines is 1. The molecule has 1 aromatic heterocycles. The van der Waals surface area contributed by atoms with Crippen LogP contribution in [0.4, 0.5) is 5.69 Å². The van der Waals surface area contributed by atoms with Gasteiger partial charge in [-0.3, -0.25) is 0 Å². The van der Waals surface area contributed by atoms with E-state index < -0.39 is 5.76 Å². The number of benzene rings is 1. The number of nitrogens with zero attached hydrogens (tertiary/aromatic N) is 1. The van der Waals surface area contributed by atoms with Crippen molar-refractivity contribution in [3.8, 4) is 11.5 Å². The lowest BCUT2D eigenvalue weighted by Crippen LogP contribution is -2.34. The number of nitrogens with one attached hydrogen (secondary N) is 2. The predicted molar refractivity (Wildman–Crippen MR) is 95.6 cm³/mol. The minimum Gasteiger partial charge on any atom is -0.388 e. The summed E-state index contributed by atoms with van der Waals surface area (Å²) in [6.45, 7) is 2.13. The number of H-pyrrole nitrogens is 1. The van der Waals surface area contributed by atoms with E-state index in [4.69, 9.17) is 33.4 Å². The van der Waals surface area contributed by atoms with Crippen molar-refractivity contribution in [3.05, 3.63) is 32.7 Å². The van der Waals surface area contributed by atoms with Crippen molar-refractivity contribution in [1.29, 1.82) is 0 Å². The van der Waals surface area contributed by atoms with Crippen molar-refractivity contribution in [1.82, 2.24) is 10.2 Å². The van der Waals surface area contributed by atoms with E-state index in [1.54, 1.807) is 12.1 Å². The Morgan fingerprint density at radius 2 is 2.04 bits per heavy atom. The van der Waals surface area contributed by atoms with Crippen LogP contribution < -0.4 is 16.8 Å². The van der Waals surface area contributed by atoms with Crippen LogP contribution >= 0.6 is 23.2 Å². The Hall–Kier alpha value is -1.50. The first-order chi connectivity index (χ1) is 11.4. The van der Waals surface area contributed by atoms with Gasteiger partial charge in [-0.15, -0.1) is 5.10 Å². The van der Waals surface area contributed by atoms with Crippen molar-refractivity contribution >= 4 is 28.9 Å². The molecule has 1 atom stereocenters. The normalized spacial score (nSPS) is 22.3. The second kappa shape index (κ2) is 7.17. The van der Waals surface area contributed by atoms with E-state index in [1.165, 1.54) is 0 Å². The fourth-order valence-corrected chi connectivity index (χ4v) is 3.56. The van der Waals surface area contributed by atoms with Crippen LogP contribution in [0.15, 0.2) is 21.3 Å². The van der Waals surface area contributed by atoms with Crippen molar-refractivity contribution in [3.63, 3.8) is 0 Å². The highest BCUT2D eigenvalue weighted by molar-refractivity contribution is 6.44. The third-order valence-corrected chi connectivity index (χ3v) is 5.42. The first-order valence-electron chi connectivity index (χ1n) is 8.01. The zero-order valence-electron chi connectivity index (χ0n) is 13.3. The van der Waals surface area contributed by atoms with Crippen LogP contribution in [0.25, 0.3) is 11.5 Å². The van der Waals surface area contributed by atoms with Gasteiger partial charge >= 0.3 is 5.76 Å². The second-order valence-corrected chi connectivity index (χ2v) is 7.13. The SMILES string of the molecule is C[C@H](Nc1cc(-c2n[nH]c(=O)o2)cc(Cl)c1Cl)C1CCC(N)CC1. The highest BCUT2D eigenvalue weighted by atomic mass is 35.5. The van der Waals surface area contributed by atoms with E-state index in [0.717, 1.165) is 25.7 Å². The summed E-state index contributed by atoms with van der Waals surface area (Å²) in [6, 6.07) is 3.96. The molecule has 1 aromatic carbocycles. The Kier molecular flexibility index (Phi) is 5.18. The highest BCUT2D eigenvalue weighted by Gasteiger charge is 2.24. The number of rotatable bonds is 4. The van der Waals surface area contributed by atoms with Gasteiger partial charge in [0.25, 0.3) is 0 Å². The number of halogens is 2. The fraction of sp³-hybridized carbons (Fsp3) is 0.500. The lowest BCUT2D eigenvalue weighted by molar-refractivity contribution is 0.302. The molecule has 2 aromatic rings. The fourth-order valence-electron chi connectivity index (χ4n) is 3.18. The summed E-state index contributed by atoms with van der Waals surface area (Å²) in [5, 5.41) is 10.3. The van der Waals surface area contributed by atoms with Crippen LogP contribution in [0, 0.1) is 5.92 Å². The molecule has 1 heterocycles. The molecule has 1 fully saturated rings. The van der Waals surface area contributed by atoms with Crippen molar-refractivity contribution < 1.29 is 4.42 Å². The van der Waals surface area contributed by atoms with Crippen LogP contribution in [-0.4, -0.2) is 22.3 Å². The standard InChI is InChI=1S/C16H20Cl2N4O2/c1-8(9-2-4-11(19)5-3-9)20-13-7-10(6-12(17)14(13)18)15-21-22-16(23)24-15/h6-9,11,20H,2-5,19H2,1H3,(H,22,23)/t8-,9?,11?/m0/s1. The first kappa shape index (κ1) is 17.3. The van der Waals surface area contributed by atoms with Gasteiger partial charge in [0.1, 0.15) is 0 Å². The maximum atomic E-state index is 11.1. The molecule has 0 saturated heterocycles. The third-order valence-electron chi connectivity index (χ3n) is 4.62. The summed E-state index contributed by atoms with van der Waals surface area (Å²) in [5.41, 5.74) is 7.26. The van der Waals surface area contributed by atoms with E-state index >= 15 is 0 Å². The Labute approximate surface area is 149 Å². The van der Waals surface area contributed by atoms with Gasteiger partial charge in [0, 0.05) is 17.6 Å². The van der Waals surface area contributed by atoms with Crippen molar-refractivity contribution in [2.24, 2.45) is 11.7 Å². The second-order valence-electron chi connectivity index (χ2n) is 6.35. The molecule has 0 aliphatic heterocycles. The van der Waals surface area contributed by atoms with Gasteiger partial charge < -0.3 is 15.5 Å². The average molecular weight is 371 g/mol. The number of aromatic nitrogens is 2. The van der Waals surface area contributed by atoms with Crippen LogP contribution in [0.1, 0.15) is 32.6 Å². The van der Waals surface area contributed by atoms with Crippen LogP contribution in [-0.2, 0) is 0 Å². The predicted octanol–water partition coefficient (Wildman–Crippen LogP) is 3.65. The minimum absolute atomic E-state index is 0.179. The zero-order valence-corrected chi connectivity index (χ0v) is 14.8. The van der Waals surface area contributed by atoms with Gasteiger partial charge in [-0.05, 0) is 50.7 Å². The molecule has 0 unspecified atom stereocenters. The lowest BCUT2D eigenvalue weighted by Gasteiger charge is -2.32. The van der Waals surface area contributed by atoms with Gasteiger partial charge in [-0.2, -0.15) is 0 Å². The molecule has 0 amide bonds. The molecular formula is C16H20Cl2N4O2. The Morgan fingerprint density at radius 1 is 1.33 bits per heavy atom. The molecule has 1 aliphatic rings. The van der Waals surface area contributed by atoms with Crippen molar-refractivity contribution in [2.75, 3.05) is 5.32 Å². The smallest absolute Gasteiger partial charge is 0.388 e. The number of nitrogens with two attached hydrogens (primary N) is 1. The van der Waals surface area contributed by atoms with E-state index in [0.29, 0.717) is 33.3 Å². The maximum absolute atomic E-state index is 11.1. The Balaban J connectivity index is 1.82. The largest absolute Gasteiger partial charge is 0.434 e. The highest BCUT2D eigenvalue weighted by Crippen LogP contribution is 2.36. The summed E-state index contributed by atoms with van der Waals surface area (Å²) in [7, 11) is 0. The molecule has 1 saturated carbocycles. The zero-order chi connectivity index (χ0) is 17.3. The number of hydrogen-bond donors (Lipinski definition) is 3. The first-order valence-corrected chi connectivity index (χ1v) is 8.76. The van der Waals surface area contributed by atoms with Gasteiger partial charge in [-0.25, -0.2) is 9.89 Å². The Morgan fingerprint density at radius 3 is 2.67 bits per heavy atom. The Bertz CT molecular complexity index is 766. The number of hydrogen-bond acceptors (Lipinski definition) is 5. The molecule has 6 nitrogen and oxygen atoms in total. The van der Waals surface area contributed by atoms with E-state index in [-0.39, 0.29) is 11.9 Å². The van der Waals surface area contributed by atoms with Gasteiger partial charge in [0.05, 0.1) is 15.7 Å². The van der Waals surface area contributed by atoms with Crippen LogP contribution in [0.2, 0.25) is 10.0 Å². The molecule has 8 heteroatoms. The summed E-state index contributed by atoms with van der Waals surface area (Å²) in [4.78, 5) is 11.1. The van der Waals surface area contributed by atoms with E-state index in [9.17, 15) is 4.79 Å². The van der Waals surface area contributed by atoms with Gasteiger partial charge in [0.15, 0.2) is 0 Å². The van der Waals surface area contributed by atoms with E-state index in [2.05, 4.69) is 22.4 Å². The van der Waals surface area contributed by atoms with Crippen LogP contribution in [0.5, 0.6) is 0 Å². The van der Waals surface area contributed by atoms with Gasteiger partial charge in [0.2, 0.25) is 5.89 Å². The molecule has 3 rings (SSSR count). The summed E-state index contributed by atoms with van der Waals surface area (Å²) >= 11 is 12.5. The molecule has 4 N–H and O–H groups in total. The summed E-state index contributed by atoms with van der Waals surface area (Å²) < 4.78 is 4.99. The molecular weight excluding hydrogens is 351 g/mol.